The highest BCUT2D eigenvalue weighted by molar-refractivity contribution is 8.13. The first-order valence-electron chi connectivity index (χ1n) is 10.3. The van der Waals surface area contributed by atoms with Crippen molar-refractivity contribution < 1.29 is 9.59 Å². The molecular weight excluding hydrogens is 432 g/mol. The molecule has 4 rings (SSSR count). The Balaban J connectivity index is 1.58. The van der Waals surface area contributed by atoms with Crippen molar-refractivity contribution in [1.29, 1.82) is 0 Å². The van der Waals surface area contributed by atoms with Gasteiger partial charge >= 0.3 is 0 Å². The standard InChI is InChI=1S/C24H23ClN2O3S/c25-18-10-8-16(9-11-18)23(29)27-21(24(30)31-14-15-4-3-5-15)12-17-13-22(28)26-20-7-2-1-6-19(17)20/h1-2,6-11,13,15,21H,3-5,12,14H2,(H,26,28)(H,27,29). The summed E-state index contributed by atoms with van der Waals surface area (Å²) >= 11 is 7.19. The summed E-state index contributed by atoms with van der Waals surface area (Å²) in [7, 11) is 0. The van der Waals surface area contributed by atoms with Crippen LogP contribution in [0.1, 0.15) is 35.2 Å². The van der Waals surface area contributed by atoms with E-state index in [2.05, 4.69) is 10.3 Å². The van der Waals surface area contributed by atoms with Gasteiger partial charge in [0.2, 0.25) is 10.7 Å². The van der Waals surface area contributed by atoms with Gasteiger partial charge in [-0.25, -0.2) is 0 Å². The van der Waals surface area contributed by atoms with E-state index in [9.17, 15) is 14.4 Å². The van der Waals surface area contributed by atoms with Crippen LogP contribution in [0.3, 0.4) is 0 Å². The van der Waals surface area contributed by atoms with Gasteiger partial charge in [0, 0.05) is 39.7 Å². The van der Waals surface area contributed by atoms with Gasteiger partial charge < -0.3 is 10.3 Å². The van der Waals surface area contributed by atoms with E-state index in [1.807, 2.05) is 24.3 Å². The van der Waals surface area contributed by atoms with Crippen LogP contribution in [0.25, 0.3) is 10.9 Å². The Hall–Kier alpha value is -2.57. The van der Waals surface area contributed by atoms with Gasteiger partial charge in [0.15, 0.2) is 0 Å². The smallest absolute Gasteiger partial charge is 0.251 e. The molecule has 5 nitrogen and oxygen atoms in total. The molecule has 1 aromatic heterocycles. The number of amides is 1. The minimum atomic E-state index is -0.738. The van der Waals surface area contributed by atoms with E-state index in [-0.39, 0.29) is 23.0 Å². The summed E-state index contributed by atoms with van der Waals surface area (Å²) in [4.78, 5) is 40.9. The lowest BCUT2D eigenvalue weighted by Gasteiger charge is -2.25. The Kier molecular flexibility index (Phi) is 6.78. The van der Waals surface area contributed by atoms with Crippen molar-refractivity contribution in [3.63, 3.8) is 0 Å². The summed E-state index contributed by atoms with van der Waals surface area (Å²) in [6.07, 6.45) is 3.77. The Morgan fingerprint density at radius 1 is 1.13 bits per heavy atom. The van der Waals surface area contributed by atoms with E-state index in [1.165, 1.54) is 24.2 Å². The van der Waals surface area contributed by atoms with Crippen molar-refractivity contribution in [3.8, 4) is 0 Å². The number of nitrogens with one attached hydrogen (secondary N) is 2. The molecule has 1 saturated carbocycles. The molecule has 7 heteroatoms. The van der Waals surface area contributed by atoms with Crippen molar-refractivity contribution in [3.05, 3.63) is 81.1 Å². The Morgan fingerprint density at radius 3 is 2.58 bits per heavy atom. The summed E-state index contributed by atoms with van der Waals surface area (Å²) in [5.41, 5.74) is 1.65. The van der Waals surface area contributed by atoms with Crippen molar-refractivity contribution in [2.75, 3.05) is 5.75 Å². The maximum absolute atomic E-state index is 13.1. The maximum Gasteiger partial charge on any atom is 0.251 e. The molecule has 0 spiro atoms. The van der Waals surface area contributed by atoms with E-state index in [0.29, 0.717) is 22.0 Å². The van der Waals surface area contributed by atoms with Crippen LogP contribution in [-0.2, 0) is 11.2 Å². The molecule has 0 radical (unpaired) electrons. The Labute approximate surface area is 189 Å². The Bertz CT molecular complexity index is 1160. The van der Waals surface area contributed by atoms with Crippen molar-refractivity contribution in [2.45, 2.75) is 31.7 Å². The molecule has 1 unspecified atom stereocenters. The predicted molar refractivity (Wildman–Crippen MR) is 126 cm³/mol. The van der Waals surface area contributed by atoms with Crippen LogP contribution < -0.4 is 10.9 Å². The van der Waals surface area contributed by atoms with Crippen LogP contribution in [0.5, 0.6) is 0 Å². The third-order valence-electron chi connectivity index (χ3n) is 5.64. The molecule has 31 heavy (non-hydrogen) atoms. The number of carbonyl (C=O) groups excluding carboxylic acids is 2. The molecule has 1 fully saturated rings. The molecule has 2 N–H and O–H groups in total. The first kappa shape index (κ1) is 21.7. The molecule has 3 aromatic rings. The Morgan fingerprint density at radius 2 is 1.87 bits per heavy atom. The quantitative estimate of drug-likeness (QED) is 0.547. The number of para-hydroxylation sites is 1. The fourth-order valence-corrected chi connectivity index (χ4v) is 4.86. The summed E-state index contributed by atoms with van der Waals surface area (Å²) < 4.78 is 0. The van der Waals surface area contributed by atoms with Gasteiger partial charge in [-0.05, 0) is 54.7 Å². The number of benzene rings is 2. The first-order chi connectivity index (χ1) is 15.0. The number of H-pyrrole nitrogens is 1. The number of thioether (sulfide) groups is 1. The lowest BCUT2D eigenvalue weighted by atomic mass is 9.87. The lowest BCUT2D eigenvalue weighted by molar-refractivity contribution is -0.112. The highest BCUT2D eigenvalue weighted by Gasteiger charge is 2.26. The topological polar surface area (TPSA) is 79.0 Å². The summed E-state index contributed by atoms with van der Waals surface area (Å²) in [6.45, 7) is 0. The first-order valence-corrected chi connectivity index (χ1v) is 11.7. The van der Waals surface area contributed by atoms with Crippen LogP contribution in [0, 0.1) is 5.92 Å². The number of hydrogen-bond acceptors (Lipinski definition) is 4. The third-order valence-corrected chi connectivity index (χ3v) is 7.10. The summed E-state index contributed by atoms with van der Waals surface area (Å²) in [5, 5.41) is 4.20. The number of carbonyl (C=O) groups is 2. The summed E-state index contributed by atoms with van der Waals surface area (Å²) in [6, 6.07) is 14.8. The zero-order chi connectivity index (χ0) is 21.8. The number of pyridine rings is 1. The fraction of sp³-hybridized carbons (Fsp3) is 0.292. The second kappa shape index (κ2) is 9.71. The van der Waals surface area contributed by atoms with Gasteiger partial charge in [-0.3, -0.25) is 14.4 Å². The van der Waals surface area contributed by atoms with E-state index in [0.717, 1.165) is 29.5 Å². The van der Waals surface area contributed by atoms with Crippen molar-refractivity contribution >= 4 is 45.3 Å². The number of hydrogen-bond donors (Lipinski definition) is 2. The number of rotatable bonds is 7. The molecule has 1 amide bonds. The van der Waals surface area contributed by atoms with Crippen LogP contribution in [-0.4, -0.2) is 27.8 Å². The van der Waals surface area contributed by atoms with Gasteiger partial charge in [-0.15, -0.1) is 0 Å². The lowest BCUT2D eigenvalue weighted by Crippen LogP contribution is -2.41. The number of halogens is 1. The second-order valence-corrected chi connectivity index (χ2v) is 9.33. The van der Waals surface area contributed by atoms with E-state index < -0.39 is 6.04 Å². The van der Waals surface area contributed by atoms with Gasteiger partial charge in [0.05, 0.1) is 0 Å². The second-order valence-electron chi connectivity index (χ2n) is 7.87. The normalized spacial score (nSPS) is 14.7. The van der Waals surface area contributed by atoms with E-state index in [4.69, 9.17) is 11.6 Å². The average molecular weight is 455 g/mol. The number of fused-ring (bicyclic) bond motifs is 1. The SMILES string of the molecule is O=C(NC(Cc1cc(=O)[nH]c2ccccc12)C(=O)SCC1CCC1)c1ccc(Cl)cc1. The van der Waals surface area contributed by atoms with Crippen molar-refractivity contribution in [1.82, 2.24) is 10.3 Å². The zero-order valence-electron chi connectivity index (χ0n) is 16.9. The number of aromatic amines is 1. The molecule has 1 aliphatic carbocycles. The predicted octanol–water partition coefficient (Wildman–Crippen LogP) is 4.58. The van der Waals surface area contributed by atoms with Crippen LogP contribution >= 0.6 is 23.4 Å². The minimum Gasteiger partial charge on any atom is -0.341 e. The molecule has 1 aliphatic rings. The van der Waals surface area contributed by atoms with Gasteiger partial charge in [-0.2, -0.15) is 0 Å². The molecule has 160 valence electrons. The molecule has 0 saturated heterocycles. The molecule has 0 aliphatic heterocycles. The highest BCUT2D eigenvalue weighted by Crippen LogP contribution is 2.30. The van der Waals surface area contributed by atoms with E-state index in [1.54, 1.807) is 24.3 Å². The maximum atomic E-state index is 13.1. The largest absolute Gasteiger partial charge is 0.341 e. The van der Waals surface area contributed by atoms with Gasteiger partial charge in [-0.1, -0.05) is 48.0 Å². The highest BCUT2D eigenvalue weighted by atomic mass is 35.5. The van der Waals surface area contributed by atoms with Crippen LogP contribution in [0.4, 0.5) is 0 Å². The summed E-state index contributed by atoms with van der Waals surface area (Å²) in [5.74, 6) is 0.998. The molecule has 2 aromatic carbocycles. The fourth-order valence-electron chi connectivity index (χ4n) is 3.66. The molecular formula is C24H23ClN2O3S. The van der Waals surface area contributed by atoms with E-state index >= 15 is 0 Å². The average Bonchev–Trinajstić information content (AvgIpc) is 2.72. The monoisotopic (exact) mass is 454 g/mol. The van der Waals surface area contributed by atoms with Gasteiger partial charge in [0.1, 0.15) is 6.04 Å². The van der Waals surface area contributed by atoms with Gasteiger partial charge in [0.25, 0.3) is 5.91 Å². The minimum absolute atomic E-state index is 0.0847. The number of aromatic nitrogens is 1. The molecule has 1 heterocycles. The molecule has 1 atom stereocenters. The van der Waals surface area contributed by atoms with Crippen LogP contribution in [0.2, 0.25) is 5.02 Å². The zero-order valence-corrected chi connectivity index (χ0v) is 18.5. The molecule has 0 bridgehead atoms. The third kappa shape index (κ3) is 5.38. The van der Waals surface area contributed by atoms with Crippen LogP contribution in [0.15, 0.2) is 59.4 Å². The van der Waals surface area contributed by atoms with Crippen molar-refractivity contribution in [2.24, 2.45) is 5.92 Å².